The molecule has 0 aliphatic heterocycles. The van der Waals surface area contributed by atoms with Crippen molar-refractivity contribution in [1.82, 2.24) is 0 Å². The van der Waals surface area contributed by atoms with Crippen molar-refractivity contribution in [2.24, 2.45) is 11.8 Å². The molecule has 0 saturated heterocycles. The Balaban J connectivity index is 4.33. The molecule has 0 spiro atoms. The van der Waals surface area contributed by atoms with Gasteiger partial charge in [-0.1, -0.05) is 41.0 Å². The summed E-state index contributed by atoms with van der Waals surface area (Å²) in [5.74, 6) is 0.605. The Hall–Kier alpha value is -0.730. The molecule has 0 heterocycles. The van der Waals surface area contributed by atoms with Crippen molar-refractivity contribution < 1.29 is 14.3 Å². The first-order valence-electron chi connectivity index (χ1n) is 6.59. The second-order valence-electron chi connectivity index (χ2n) is 5.93. The van der Waals surface area contributed by atoms with Crippen LogP contribution in [-0.2, 0) is 9.47 Å². The molecule has 0 aliphatic rings. The summed E-state index contributed by atoms with van der Waals surface area (Å²) >= 11 is 0. The first kappa shape index (κ1) is 16.3. The van der Waals surface area contributed by atoms with Gasteiger partial charge in [0.05, 0.1) is 0 Å². The minimum absolute atomic E-state index is 0.0834. The van der Waals surface area contributed by atoms with E-state index in [0.717, 1.165) is 12.8 Å². The Morgan fingerprint density at radius 2 is 1.59 bits per heavy atom. The maximum absolute atomic E-state index is 11.7. The molecule has 0 aromatic heterocycles. The van der Waals surface area contributed by atoms with Gasteiger partial charge in [-0.2, -0.15) is 0 Å². The van der Waals surface area contributed by atoms with Gasteiger partial charge in [0.2, 0.25) is 0 Å². The van der Waals surface area contributed by atoms with Crippen molar-refractivity contribution >= 4 is 6.16 Å². The summed E-state index contributed by atoms with van der Waals surface area (Å²) in [5.41, 5.74) is -0.440. The number of hydrogen-bond acceptors (Lipinski definition) is 3. The number of rotatable bonds is 6. The Bertz CT molecular complexity index is 224. The summed E-state index contributed by atoms with van der Waals surface area (Å²) < 4.78 is 10.7. The van der Waals surface area contributed by atoms with E-state index in [1.807, 2.05) is 13.8 Å². The van der Waals surface area contributed by atoms with Crippen LogP contribution in [0.15, 0.2) is 0 Å². The fraction of sp³-hybridized carbons (Fsp3) is 0.929. The van der Waals surface area contributed by atoms with E-state index >= 15 is 0 Å². The number of hydrogen-bond donors (Lipinski definition) is 0. The Morgan fingerprint density at radius 3 is 1.94 bits per heavy atom. The number of carbonyl (C=O) groups is 1. The van der Waals surface area contributed by atoms with Gasteiger partial charge in [-0.15, -0.1) is 0 Å². The molecule has 3 heteroatoms. The standard InChI is InChI=1S/C14H28O3/c1-8-9-14(6,7)17-13(15)16-12(10(2)3)11(4)5/h10-12H,8-9H2,1-7H3. The molecule has 0 aliphatic carbocycles. The zero-order chi connectivity index (χ0) is 13.6. The molecule has 0 aromatic carbocycles. The van der Waals surface area contributed by atoms with E-state index in [1.54, 1.807) is 0 Å². The average Bonchev–Trinajstić information content (AvgIpc) is 2.11. The fourth-order valence-electron chi connectivity index (χ4n) is 2.06. The highest BCUT2D eigenvalue weighted by Crippen LogP contribution is 2.21. The summed E-state index contributed by atoms with van der Waals surface area (Å²) in [6, 6.07) is 0. The second-order valence-corrected chi connectivity index (χ2v) is 5.93. The van der Waals surface area contributed by atoms with E-state index in [0.29, 0.717) is 11.8 Å². The Morgan fingerprint density at radius 1 is 1.12 bits per heavy atom. The number of carbonyl (C=O) groups excluding carboxylic acids is 1. The predicted molar refractivity (Wildman–Crippen MR) is 70.0 cm³/mol. The second kappa shape index (κ2) is 6.87. The summed E-state index contributed by atoms with van der Waals surface area (Å²) in [6.45, 7) is 14.1. The van der Waals surface area contributed by atoms with E-state index in [-0.39, 0.29) is 6.10 Å². The third-order valence-electron chi connectivity index (χ3n) is 2.76. The van der Waals surface area contributed by atoms with E-state index in [1.165, 1.54) is 0 Å². The molecule has 0 unspecified atom stereocenters. The smallest absolute Gasteiger partial charge is 0.430 e. The van der Waals surface area contributed by atoms with Crippen LogP contribution in [0.25, 0.3) is 0 Å². The van der Waals surface area contributed by atoms with Crippen molar-refractivity contribution in [3.63, 3.8) is 0 Å². The van der Waals surface area contributed by atoms with Crippen molar-refractivity contribution in [1.29, 1.82) is 0 Å². The summed E-state index contributed by atoms with van der Waals surface area (Å²) in [6.07, 6.45) is 1.20. The highest BCUT2D eigenvalue weighted by atomic mass is 16.7. The third kappa shape index (κ3) is 6.54. The molecule has 0 amide bonds. The van der Waals surface area contributed by atoms with Crippen LogP contribution in [-0.4, -0.2) is 17.9 Å². The number of ether oxygens (including phenoxy) is 2. The first-order valence-corrected chi connectivity index (χ1v) is 6.59. The van der Waals surface area contributed by atoms with Crippen LogP contribution in [0.4, 0.5) is 4.79 Å². The van der Waals surface area contributed by atoms with Gasteiger partial charge in [0, 0.05) is 0 Å². The van der Waals surface area contributed by atoms with Crippen LogP contribution in [0.3, 0.4) is 0 Å². The summed E-state index contributed by atoms with van der Waals surface area (Å²) in [5, 5.41) is 0. The normalized spacial score (nSPS) is 12.4. The topological polar surface area (TPSA) is 35.5 Å². The van der Waals surface area contributed by atoms with Crippen molar-refractivity contribution in [2.75, 3.05) is 0 Å². The summed E-state index contributed by atoms with van der Waals surface area (Å²) in [7, 11) is 0. The molecule has 0 atom stereocenters. The molecule has 0 fully saturated rings. The van der Waals surface area contributed by atoms with Crippen LogP contribution < -0.4 is 0 Å². The molecule has 0 N–H and O–H groups in total. The average molecular weight is 244 g/mol. The quantitative estimate of drug-likeness (QED) is 0.650. The van der Waals surface area contributed by atoms with Crippen LogP contribution in [0.2, 0.25) is 0 Å². The van der Waals surface area contributed by atoms with Gasteiger partial charge in [0.1, 0.15) is 11.7 Å². The molecular formula is C14H28O3. The van der Waals surface area contributed by atoms with Gasteiger partial charge in [0.25, 0.3) is 0 Å². The molecule has 0 aromatic rings. The molecular weight excluding hydrogens is 216 g/mol. The fourth-order valence-corrected chi connectivity index (χ4v) is 2.06. The lowest BCUT2D eigenvalue weighted by atomic mass is 9.96. The van der Waals surface area contributed by atoms with Gasteiger partial charge in [-0.25, -0.2) is 4.79 Å². The van der Waals surface area contributed by atoms with Crippen LogP contribution in [0.5, 0.6) is 0 Å². The highest BCUT2D eigenvalue weighted by molar-refractivity contribution is 5.60. The minimum atomic E-state index is -0.546. The SMILES string of the molecule is CCCC(C)(C)OC(=O)OC(C(C)C)C(C)C. The highest BCUT2D eigenvalue weighted by Gasteiger charge is 2.27. The lowest BCUT2D eigenvalue weighted by Crippen LogP contribution is -2.34. The molecule has 3 nitrogen and oxygen atoms in total. The molecule has 0 bridgehead atoms. The lowest BCUT2D eigenvalue weighted by molar-refractivity contribution is -0.0561. The molecule has 17 heavy (non-hydrogen) atoms. The lowest BCUT2D eigenvalue weighted by Gasteiger charge is -2.28. The van der Waals surface area contributed by atoms with Gasteiger partial charge in [0.15, 0.2) is 0 Å². The van der Waals surface area contributed by atoms with Gasteiger partial charge in [-0.05, 0) is 32.1 Å². The molecule has 0 saturated carbocycles. The van der Waals surface area contributed by atoms with Crippen LogP contribution in [0.1, 0.15) is 61.3 Å². The monoisotopic (exact) mass is 244 g/mol. The molecule has 0 radical (unpaired) electrons. The maximum Gasteiger partial charge on any atom is 0.509 e. The van der Waals surface area contributed by atoms with E-state index in [9.17, 15) is 4.79 Å². The maximum atomic E-state index is 11.7. The Labute approximate surface area is 106 Å². The van der Waals surface area contributed by atoms with E-state index in [2.05, 4.69) is 34.6 Å². The van der Waals surface area contributed by atoms with Crippen molar-refractivity contribution in [3.05, 3.63) is 0 Å². The minimum Gasteiger partial charge on any atom is -0.430 e. The van der Waals surface area contributed by atoms with Crippen LogP contribution >= 0.6 is 0 Å². The van der Waals surface area contributed by atoms with Crippen molar-refractivity contribution in [2.45, 2.75) is 73.0 Å². The zero-order valence-corrected chi connectivity index (χ0v) is 12.4. The van der Waals surface area contributed by atoms with E-state index in [4.69, 9.17) is 9.47 Å². The van der Waals surface area contributed by atoms with Gasteiger partial charge < -0.3 is 9.47 Å². The third-order valence-corrected chi connectivity index (χ3v) is 2.76. The first-order chi connectivity index (χ1) is 7.69. The van der Waals surface area contributed by atoms with Crippen LogP contribution in [0, 0.1) is 11.8 Å². The summed E-state index contributed by atoms with van der Waals surface area (Å²) in [4.78, 5) is 11.7. The van der Waals surface area contributed by atoms with Crippen molar-refractivity contribution in [3.8, 4) is 0 Å². The molecule has 0 rings (SSSR count). The Kier molecular flexibility index (Phi) is 6.58. The zero-order valence-electron chi connectivity index (χ0n) is 12.4. The van der Waals surface area contributed by atoms with Gasteiger partial charge in [-0.3, -0.25) is 0 Å². The largest absolute Gasteiger partial charge is 0.509 e. The van der Waals surface area contributed by atoms with Gasteiger partial charge >= 0.3 is 6.16 Å². The van der Waals surface area contributed by atoms with E-state index < -0.39 is 11.8 Å². The molecule has 102 valence electrons. The predicted octanol–water partition coefficient (Wildman–Crippen LogP) is 4.40.